The minimum Gasteiger partial charge on any atom is -0.357 e. The Balaban J connectivity index is 3.15. The first kappa shape index (κ1) is 10.2. The van der Waals surface area contributed by atoms with E-state index in [1.807, 2.05) is 17.5 Å². The molecule has 0 aromatic heterocycles. The van der Waals surface area contributed by atoms with Crippen LogP contribution < -0.4 is 9.83 Å². The van der Waals surface area contributed by atoms with E-state index in [1.165, 1.54) is 5.19 Å². The molecule has 1 aromatic rings. The van der Waals surface area contributed by atoms with E-state index < -0.39 is 8.24 Å². The number of rotatable bonds is 4. The molecule has 0 saturated heterocycles. The van der Waals surface area contributed by atoms with Crippen molar-refractivity contribution in [3.63, 3.8) is 0 Å². The molecule has 0 fully saturated rings. The third-order valence-electron chi connectivity index (χ3n) is 2.31. The van der Waals surface area contributed by atoms with Crippen molar-refractivity contribution in [2.24, 2.45) is 0 Å². The van der Waals surface area contributed by atoms with E-state index in [1.54, 1.807) is 0 Å². The highest BCUT2D eigenvalue weighted by molar-refractivity contribution is 7.00. The minimum atomic E-state index is -1.75. The van der Waals surface area contributed by atoms with Gasteiger partial charge in [0.25, 0.3) is 0 Å². The minimum absolute atomic E-state index is 0.969. The molecule has 0 radical (unpaired) electrons. The zero-order valence-corrected chi connectivity index (χ0v) is 11.0. The van der Waals surface area contributed by atoms with E-state index in [0.29, 0.717) is 0 Å². The Morgan fingerprint density at radius 3 is 2.08 bits per heavy atom. The number of nitrogens with one attached hydrogen (secondary N) is 1. The first-order valence-electron chi connectivity index (χ1n) is 4.30. The molecule has 0 aliphatic rings. The summed E-state index contributed by atoms with van der Waals surface area (Å²) in [7, 11) is -0.785. The van der Waals surface area contributed by atoms with Crippen molar-refractivity contribution in [2.45, 2.75) is 0 Å². The lowest BCUT2D eigenvalue weighted by molar-refractivity contribution is 1.52. The summed E-state index contributed by atoms with van der Waals surface area (Å²) < 4.78 is 3.47. The molecule has 1 rings (SSSR count). The largest absolute Gasteiger partial charge is 0.357 e. The fraction of sp³-hybridized carbons (Fsp3) is 0. The summed E-state index contributed by atoms with van der Waals surface area (Å²) in [4.78, 5) is 0. The average molecular weight is 205 g/mol. The standard InChI is InChI=1S/C10H15NSi2/c1-3-13(4-2,11-12)10-8-6-5-7-9-10/h3-9,11H,1-2H2,12H3. The lowest BCUT2D eigenvalue weighted by Crippen LogP contribution is -2.56. The summed E-state index contributed by atoms with van der Waals surface area (Å²) in [5, 5.41) is 1.33. The lowest BCUT2D eigenvalue weighted by Gasteiger charge is -2.23. The van der Waals surface area contributed by atoms with E-state index in [9.17, 15) is 0 Å². The Bertz CT molecular complexity index is 287. The monoisotopic (exact) mass is 205 g/mol. The summed E-state index contributed by atoms with van der Waals surface area (Å²) in [5.41, 5.74) is 4.06. The van der Waals surface area contributed by atoms with Gasteiger partial charge in [0.2, 0.25) is 0 Å². The van der Waals surface area contributed by atoms with Crippen LogP contribution in [-0.2, 0) is 0 Å². The molecular formula is C10H15NSi2. The van der Waals surface area contributed by atoms with Crippen LogP contribution in [0.1, 0.15) is 0 Å². The molecule has 0 heterocycles. The van der Waals surface area contributed by atoms with Crippen LogP contribution in [0, 0.1) is 0 Å². The Morgan fingerprint density at radius 1 is 1.15 bits per heavy atom. The van der Waals surface area contributed by atoms with Crippen LogP contribution in [0.4, 0.5) is 0 Å². The molecule has 68 valence electrons. The van der Waals surface area contributed by atoms with Crippen molar-refractivity contribution in [2.75, 3.05) is 0 Å². The van der Waals surface area contributed by atoms with Crippen molar-refractivity contribution in [3.8, 4) is 0 Å². The number of hydrogen-bond donors (Lipinski definition) is 1. The second-order valence-electron chi connectivity index (χ2n) is 2.89. The predicted molar refractivity (Wildman–Crippen MR) is 65.3 cm³/mol. The van der Waals surface area contributed by atoms with Gasteiger partial charge in [-0.05, 0) is 5.19 Å². The zero-order chi connectivity index (χ0) is 9.73. The Hall–Kier alpha value is -0.906. The van der Waals surface area contributed by atoms with Crippen LogP contribution in [-0.4, -0.2) is 18.6 Å². The summed E-state index contributed by atoms with van der Waals surface area (Å²) in [5.74, 6) is 0. The van der Waals surface area contributed by atoms with Crippen LogP contribution in [0.2, 0.25) is 0 Å². The van der Waals surface area contributed by atoms with Gasteiger partial charge in [0, 0.05) is 0 Å². The summed E-state index contributed by atoms with van der Waals surface area (Å²) in [6, 6.07) is 10.4. The molecule has 0 spiro atoms. The molecule has 0 bridgehead atoms. The molecule has 1 nitrogen and oxygen atoms in total. The zero-order valence-electron chi connectivity index (χ0n) is 7.96. The van der Waals surface area contributed by atoms with Crippen LogP contribution in [0.25, 0.3) is 0 Å². The lowest BCUT2D eigenvalue weighted by atomic mass is 10.4. The van der Waals surface area contributed by atoms with E-state index in [2.05, 4.69) is 42.1 Å². The van der Waals surface area contributed by atoms with Gasteiger partial charge >= 0.3 is 0 Å². The topological polar surface area (TPSA) is 12.0 Å². The van der Waals surface area contributed by atoms with Gasteiger partial charge in [0.1, 0.15) is 0 Å². The highest BCUT2D eigenvalue weighted by Crippen LogP contribution is 2.01. The van der Waals surface area contributed by atoms with Crippen molar-refractivity contribution in [1.82, 2.24) is 4.65 Å². The molecule has 3 heteroatoms. The van der Waals surface area contributed by atoms with Gasteiger partial charge in [-0.2, -0.15) is 0 Å². The smallest absolute Gasteiger partial charge is 0.199 e. The van der Waals surface area contributed by atoms with Crippen molar-refractivity contribution >= 4 is 23.8 Å². The highest BCUT2D eigenvalue weighted by atomic mass is 28.4. The third-order valence-corrected chi connectivity index (χ3v) is 8.20. The van der Waals surface area contributed by atoms with Gasteiger partial charge in [-0.3, -0.25) is 0 Å². The van der Waals surface area contributed by atoms with Gasteiger partial charge in [0.05, 0.1) is 10.4 Å². The van der Waals surface area contributed by atoms with E-state index in [4.69, 9.17) is 0 Å². The maximum absolute atomic E-state index is 3.90. The molecule has 0 saturated carbocycles. The molecule has 13 heavy (non-hydrogen) atoms. The number of benzene rings is 1. The number of hydrogen-bond acceptors (Lipinski definition) is 1. The fourth-order valence-corrected chi connectivity index (χ4v) is 5.55. The van der Waals surface area contributed by atoms with Gasteiger partial charge in [0.15, 0.2) is 8.24 Å². The quantitative estimate of drug-likeness (QED) is 0.691. The first-order chi connectivity index (χ1) is 6.29. The summed E-state index contributed by atoms with van der Waals surface area (Å²) in [6.45, 7) is 7.80. The van der Waals surface area contributed by atoms with Crippen LogP contribution in [0.3, 0.4) is 0 Å². The summed E-state index contributed by atoms with van der Waals surface area (Å²) in [6.07, 6.45) is 0. The van der Waals surface area contributed by atoms with Gasteiger partial charge in [-0.25, -0.2) is 0 Å². The predicted octanol–water partition coefficient (Wildman–Crippen LogP) is 0.159. The molecular weight excluding hydrogens is 190 g/mol. The second-order valence-corrected chi connectivity index (χ2v) is 8.03. The third kappa shape index (κ3) is 1.88. The Morgan fingerprint density at radius 2 is 1.69 bits per heavy atom. The normalized spacial score (nSPS) is 11.1. The van der Waals surface area contributed by atoms with Crippen LogP contribution in [0.15, 0.2) is 54.9 Å². The molecule has 0 aliphatic carbocycles. The second kappa shape index (κ2) is 4.36. The highest BCUT2D eigenvalue weighted by Gasteiger charge is 2.25. The summed E-state index contributed by atoms with van der Waals surface area (Å²) >= 11 is 0. The van der Waals surface area contributed by atoms with Gasteiger partial charge in [-0.1, -0.05) is 41.7 Å². The van der Waals surface area contributed by atoms with Crippen molar-refractivity contribution < 1.29 is 0 Å². The van der Waals surface area contributed by atoms with E-state index in [0.717, 1.165) is 10.4 Å². The van der Waals surface area contributed by atoms with E-state index >= 15 is 0 Å². The van der Waals surface area contributed by atoms with Crippen molar-refractivity contribution in [3.05, 3.63) is 54.9 Å². The van der Waals surface area contributed by atoms with Crippen molar-refractivity contribution in [1.29, 1.82) is 0 Å². The Labute approximate surface area is 83.8 Å². The molecule has 0 amide bonds. The van der Waals surface area contributed by atoms with Gasteiger partial charge < -0.3 is 4.65 Å². The first-order valence-corrected chi connectivity index (χ1v) is 7.46. The molecule has 0 unspecified atom stereocenters. The Kier molecular flexibility index (Phi) is 3.42. The van der Waals surface area contributed by atoms with Crippen LogP contribution >= 0.6 is 0 Å². The maximum Gasteiger partial charge on any atom is 0.199 e. The molecule has 0 aliphatic heterocycles. The van der Waals surface area contributed by atoms with Crippen LogP contribution in [0.5, 0.6) is 0 Å². The SMILES string of the molecule is C=C[Si](C=C)(N[SiH3])c1ccccc1. The van der Waals surface area contributed by atoms with E-state index in [-0.39, 0.29) is 0 Å². The molecule has 1 N–H and O–H groups in total. The maximum atomic E-state index is 3.90. The van der Waals surface area contributed by atoms with Gasteiger partial charge in [-0.15, -0.1) is 13.2 Å². The average Bonchev–Trinajstić information content (AvgIpc) is 2.23. The molecule has 1 aromatic carbocycles. The molecule has 0 atom stereocenters. The fourth-order valence-electron chi connectivity index (χ4n) is 1.38.